The van der Waals surface area contributed by atoms with Gasteiger partial charge in [-0.3, -0.25) is 4.79 Å². The third-order valence-electron chi connectivity index (χ3n) is 5.49. The summed E-state index contributed by atoms with van der Waals surface area (Å²) in [5.74, 6) is 2.79. The smallest absolute Gasteiger partial charge is 0.225 e. The summed E-state index contributed by atoms with van der Waals surface area (Å²) in [5, 5.41) is 0. The fourth-order valence-electron chi connectivity index (χ4n) is 3.94. The molecule has 0 aliphatic carbocycles. The van der Waals surface area contributed by atoms with E-state index in [-0.39, 0.29) is 5.92 Å². The van der Waals surface area contributed by atoms with Crippen molar-refractivity contribution in [2.45, 2.75) is 12.8 Å². The number of carbonyl (C=O) groups is 1. The highest BCUT2D eigenvalue weighted by molar-refractivity contribution is 7.99. The molecular weight excluding hydrogens is 340 g/mol. The fraction of sp³-hybridized carbons (Fsp3) is 0.409. The fourth-order valence-corrected chi connectivity index (χ4v) is 4.84. The number of hydrogen-bond acceptors (Lipinski definition) is 3. The molecule has 0 bridgehead atoms. The van der Waals surface area contributed by atoms with E-state index in [1.165, 1.54) is 16.8 Å². The molecule has 3 nitrogen and oxygen atoms in total. The van der Waals surface area contributed by atoms with Crippen LogP contribution in [0.4, 0.5) is 5.69 Å². The van der Waals surface area contributed by atoms with Gasteiger partial charge in [-0.25, -0.2) is 0 Å². The molecule has 0 N–H and O–H groups in total. The zero-order valence-electron chi connectivity index (χ0n) is 15.1. The Hall–Kier alpha value is -1.94. The Kier molecular flexibility index (Phi) is 5.49. The van der Waals surface area contributed by atoms with Gasteiger partial charge in [0, 0.05) is 49.3 Å². The third kappa shape index (κ3) is 3.90. The lowest BCUT2D eigenvalue weighted by atomic mass is 9.94. The third-order valence-corrected chi connectivity index (χ3v) is 6.43. The van der Waals surface area contributed by atoms with Gasteiger partial charge in [0.2, 0.25) is 5.91 Å². The van der Waals surface area contributed by atoms with Crippen molar-refractivity contribution in [3.63, 3.8) is 0 Å². The molecule has 26 heavy (non-hydrogen) atoms. The molecule has 0 spiro atoms. The van der Waals surface area contributed by atoms with Crippen molar-refractivity contribution in [2.75, 3.05) is 42.6 Å². The standard InChI is InChI=1S/C22H26N2OS/c25-22(24-13-15-26-16-14-24)19-9-11-23(12-10-19)21-8-4-7-20(17-21)18-5-2-1-3-6-18/h1-8,17,19H,9-16H2. The van der Waals surface area contributed by atoms with Crippen LogP contribution in [0.3, 0.4) is 0 Å². The number of thioether (sulfide) groups is 1. The molecule has 2 aromatic carbocycles. The number of piperidine rings is 1. The average Bonchev–Trinajstić information content (AvgIpc) is 2.75. The van der Waals surface area contributed by atoms with Gasteiger partial charge in [-0.2, -0.15) is 11.8 Å². The first-order valence-corrected chi connectivity index (χ1v) is 10.7. The second kappa shape index (κ2) is 8.17. The Morgan fingerprint density at radius 2 is 1.54 bits per heavy atom. The van der Waals surface area contributed by atoms with Gasteiger partial charge in [0.15, 0.2) is 0 Å². The number of amides is 1. The summed E-state index contributed by atoms with van der Waals surface area (Å²) in [6.45, 7) is 3.81. The number of rotatable bonds is 3. The minimum atomic E-state index is 0.214. The van der Waals surface area contributed by atoms with E-state index in [2.05, 4.69) is 64.4 Å². The minimum absolute atomic E-state index is 0.214. The molecule has 0 unspecified atom stereocenters. The molecule has 0 saturated carbocycles. The minimum Gasteiger partial charge on any atom is -0.371 e. The van der Waals surface area contributed by atoms with Crippen LogP contribution in [0.5, 0.6) is 0 Å². The van der Waals surface area contributed by atoms with Crippen molar-refractivity contribution in [3.8, 4) is 11.1 Å². The monoisotopic (exact) mass is 366 g/mol. The summed E-state index contributed by atoms with van der Waals surface area (Å²) in [6.07, 6.45) is 1.94. The van der Waals surface area contributed by atoms with Crippen molar-refractivity contribution >= 4 is 23.4 Å². The van der Waals surface area contributed by atoms with E-state index in [1.807, 2.05) is 11.8 Å². The van der Waals surface area contributed by atoms with Crippen LogP contribution in [0.1, 0.15) is 12.8 Å². The molecule has 0 atom stereocenters. The van der Waals surface area contributed by atoms with E-state index in [4.69, 9.17) is 0 Å². The van der Waals surface area contributed by atoms with E-state index in [0.29, 0.717) is 5.91 Å². The molecule has 1 amide bonds. The van der Waals surface area contributed by atoms with E-state index >= 15 is 0 Å². The Bertz CT molecular complexity index is 735. The maximum Gasteiger partial charge on any atom is 0.225 e. The first-order chi connectivity index (χ1) is 12.8. The molecule has 136 valence electrons. The van der Waals surface area contributed by atoms with Gasteiger partial charge in [-0.05, 0) is 36.1 Å². The lowest BCUT2D eigenvalue weighted by molar-refractivity contribution is -0.135. The summed E-state index contributed by atoms with van der Waals surface area (Å²) in [5.41, 5.74) is 3.78. The van der Waals surface area contributed by atoms with Crippen molar-refractivity contribution < 1.29 is 4.79 Å². The molecule has 2 aliphatic rings. The zero-order valence-corrected chi connectivity index (χ0v) is 16.0. The van der Waals surface area contributed by atoms with Gasteiger partial charge < -0.3 is 9.80 Å². The molecule has 4 rings (SSSR count). The highest BCUT2D eigenvalue weighted by Crippen LogP contribution is 2.29. The van der Waals surface area contributed by atoms with Crippen LogP contribution in [-0.2, 0) is 4.79 Å². The van der Waals surface area contributed by atoms with Crippen molar-refractivity contribution in [1.29, 1.82) is 0 Å². The van der Waals surface area contributed by atoms with Crippen molar-refractivity contribution in [3.05, 3.63) is 54.6 Å². The highest BCUT2D eigenvalue weighted by Gasteiger charge is 2.29. The highest BCUT2D eigenvalue weighted by atomic mass is 32.2. The predicted octanol–water partition coefficient (Wildman–Crippen LogP) is 4.15. The average molecular weight is 367 g/mol. The Morgan fingerprint density at radius 1 is 0.846 bits per heavy atom. The Labute approximate surface area is 160 Å². The molecule has 2 aromatic rings. The number of carbonyl (C=O) groups excluding carboxylic acids is 1. The molecule has 4 heteroatoms. The largest absolute Gasteiger partial charge is 0.371 e. The molecule has 0 aromatic heterocycles. The van der Waals surface area contributed by atoms with Gasteiger partial charge in [0.1, 0.15) is 0 Å². The van der Waals surface area contributed by atoms with Crippen LogP contribution in [0.2, 0.25) is 0 Å². The quantitative estimate of drug-likeness (QED) is 0.815. The van der Waals surface area contributed by atoms with Gasteiger partial charge in [-0.1, -0.05) is 42.5 Å². The van der Waals surface area contributed by atoms with E-state index in [1.54, 1.807) is 0 Å². The molecule has 2 heterocycles. The van der Waals surface area contributed by atoms with Crippen molar-refractivity contribution in [1.82, 2.24) is 4.90 Å². The summed E-state index contributed by atoms with van der Waals surface area (Å²) in [6, 6.07) is 19.3. The van der Waals surface area contributed by atoms with Crippen LogP contribution in [0.25, 0.3) is 11.1 Å². The molecule has 2 saturated heterocycles. The molecular formula is C22H26N2OS. The van der Waals surface area contributed by atoms with Crippen LogP contribution >= 0.6 is 11.8 Å². The summed E-state index contributed by atoms with van der Waals surface area (Å²) in [7, 11) is 0. The van der Waals surface area contributed by atoms with Gasteiger partial charge >= 0.3 is 0 Å². The zero-order chi connectivity index (χ0) is 17.8. The van der Waals surface area contributed by atoms with Crippen molar-refractivity contribution in [2.24, 2.45) is 5.92 Å². The van der Waals surface area contributed by atoms with Crippen LogP contribution in [0.15, 0.2) is 54.6 Å². The molecule has 2 aliphatic heterocycles. The summed E-state index contributed by atoms with van der Waals surface area (Å²) >= 11 is 1.96. The van der Waals surface area contributed by atoms with E-state index in [0.717, 1.165) is 50.5 Å². The van der Waals surface area contributed by atoms with Crippen LogP contribution in [-0.4, -0.2) is 48.5 Å². The second-order valence-electron chi connectivity index (χ2n) is 7.12. The number of hydrogen-bond donors (Lipinski definition) is 0. The van der Waals surface area contributed by atoms with Gasteiger partial charge in [0.25, 0.3) is 0 Å². The van der Waals surface area contributed by atoms with Gasteiger partial charge in [-0.15, -0.1) is 0 Å². The van der Waals surface area contributed by atoms with Crippen LogP contribution < -0.4 is 4.90 Å². The summed E-state index contributed by atoms with van der Waals surface area (Å²) in [4.78, 5) is 17.3. The second-order valence-corrected chi connectivity index (χ2v) is 8.34. The molecule has 2 fully saturated rings. The first-order valence-electron chi connectivity index (χ1n) is 9.58. The van der Waals surface area contributed by atoms with Gasteiger partial charge in [0.05, 0.1) is 0 Å². The maximum atomic E-state index is 12.7. The summed E-state index contributed by atoms with van der Waals surface area (Å²) < 4.78 is 0. The topological polar surface area (TPSA) is 23.6 Å². The normalized spacial score (nSPS) is 18.8. The van der Waals surface area contributed by atoms with Crippen LogP contribution in [0, 0.1) is 5.92 Å². The number of nitrogens with zero attached hydrogens (tertiary/aromatic N) is 2. The SMILES string of the molecule is O=C(C1CCN(c2cccc(-c3ccccc3)c2)CC1)N1CCSCC1. The lowest BCUT2D eigenvalue weighted by Gasteiger charge is -2.36. The predicted molar refractivity (Wildman–Crippen MR) is 111 cm³/mol. The van der Waals surface area contributed by atoms with E-state index in [9.17, 15) is 4.79 Å². The molecule has 0 radical (unpaired) electrons. The Morgan fingerprint density at radius 3 is 2.27 bits per heavy atom. The van der Waals surface area contributed by atoms with E-state index < -0.39 is 0 Å². The number of benzene rings is 2. The Balaban J connectivity index is 1.39. The first kappa shape index (κ1) is 17.5. The number of anilines is 1. The lowest BCUT2D eigenvalue weighted by Crippen LogP contribution is -2.45. The maximum absolute atomic E-state index is 12.7.